The summed E-state index contributed by atoms with van der Waals surface area (Å²) in [6, 6.07) is 0. The Kier molecular flexibility index (Phi) is 3.79. The van der Waals surface area contributed by atoms with Gasteiger partial charge in [-0.15, -0.1) is 0 Å². The molecule has 0 amide bonds. The smallest absolute Gasteiger partial charge is 0.233 e. The highest BCUT2D eigenvalue weighted by Crippen LogP contribution is 2.80. The first-order valence-electron chi connectivity index (χ1n) is 6.46. The molecule has 0 aliphatic heterocycles. The topological polar surface area (TPSA) is 0 Å². The van der Waals surface area contributed by atoms with Crippen molar-refractivity contribution in [3.8, 4) is 0 Å². The molecule has 17 heteroatoms. The zero-order chi connectivity index (χ0) is 23.0. The van der Waals surface area contributed by atoms with Gasteiger partial charge in [0.2, 0.25) is 5.67 Å². The molecule has 2 saturated carbocycles. The third kappa shape index (κ3) is 1.47. The highest BCUT2D eigenvalue weighted by molar-refractivity contribution is 5.43. The van der Waals surface area contributed by atoms with Gasteiger partial charge in [-0.2, -0.15) is 61.5 Å². The SMILES string of the molecule is CC1(F)C(F)(F)C(F)(F)C(F)(F)C2(F)C(F)(F)C(F)(F)C(F)(F)C(F)(F)C12F. The van der Waals surface area contributed by atoms with Crippen molar-refractivity contribution in [1.29, 1.82) is 0 Å². The molecular formula is C11H3F17. The molecule has 0 nitrogen and oxygen atoms in total. The van der Waals surface area contributed by atoms with E-state index >= 15 is 0 Å². The van der Waals surface area contributed by atoms with Crippen molar-refractivity contribution in [2.75, 3.05) is 0 Å². The van der Waals surface area contributed by atoms with Crippen LogP contribution in [0.2, 0.25) is 0 Å². The van der Waals surface area contributed by atoms with Crippen LogP contribution in [0.15, 0.2) is 0 Å². The van der Waals surface area contributed by atoms with Crippen LogP contribution in [-0.4, -0.2) is 58.5 Å². The fourth-order valence-corrected chi connectivity index (χ4v) is 3.22. The predicted molar refractivity (Wildman–Crippen MR) is 51.8 cm³/mol. The molecule has 0 aromatic carbocycles. The van der Waals surface area contributed by atoms with Crippen LogP contribution in [0.25, 0.3) is 0 Å². The second-order valence-corrected chi connectivity index (χ2v) is 6.34. The van der Waals surface area contributed by atoms with E-state index in [-0.39, 0.29) is 0 Å². The average molecular weight is 458 g/mol. The second-order valence-electron chi connectivity index (χ2n) is 6.34. The molecule has 3 unspecified atom stereocenters. The average Bonchev–Trinajstić information content (AvgIpc) is 2.49. The molecule has 0 aromatic rings. The molecule has 3 atom stereocenters. The minimum Gasteiger partial charge on any atom is -0.233 e. The van der Waals surface area contributed by atoms with Gasteiger partial charge in [0.1, 0.15) is 0 Å². The van der Waals surface area contributed by atoms with Crippen LogP contribution in [0.3, 0.4) is 0 Å². The Morgan fingerprint density at radius 1 is 0.286 bits per heavy atom. The van der Waals surface area contributed by atoms with E-state index in [0.717, 1.165) is 0 Å². The van der Waals surface area contributed by atoms with Crippen LogP contribution in [0, 0.1) is 0 Å². The molecule has 166 valence electrons. The standard InChI is InChI=1S/C11H3F17/c1-2(12)3(13)4(14,7(19,20)9(23,24)5(2,15)16)8(21,22)11(27,28)10(25,26)6(3,17)18/h1H3. The number of alkyl halides is 17. The summed E-state index contributed by atoms with van der Waals surface area (Å²) in [5, 5.41) is 0. The number of halogens is 17. The zero-order valence-corrected chi connectivity index (χ0v) is 12.4. The first-order valence-corrected chi connectivity index (χ1v) is 6.46. The Balaban J connectivity index is 3.23. The highest BCUT2D eigenvalue weighted by Gasteiger charge is 3.13. The van der Waals surface area contributed by atoms with Crippen LogP contribution in [-0.2, 0) is 0 Å². The molecule has 0 saturated heterocycles. The number of hydrogen-bond donors (Lipinski definition) is 0. The molecule has 2 aliphatic rings. The summed E-state index contributed by atoms with van der Waals surface area (Å²) in [5.74, 6) is -56.0. The largest absolute Gasteiger partial charge is 0.382 e. The van der Waals surface area contributed by atoms with Gasteiger partial charge in [0, 0.05) is 0 Å². The Bertz CT molecular complexity index is 588. The molecule has 2 fully saturated rings. The third-order valence-corrected chi connectivity index (χ3v) is 4.98. The second kappa shape index (κ2) is 4.59. The summed E-state index contributed by atoms with van der Waals surface area (Å²) in [5.41, 5.74) is -23.2. The van der Waals surface area contributed by atoms with Crippen LogP contribution >= 0.6 is 0 Å². The fourth-order valence-electron chi connectivity index (χ4n) is 3.22. The van der Waals surface area contributed by atoms with Crippen LogP contribution in [0.4, 0.5) is 74.6 Å². The summed E-state index contributed by atoms with van der Waals surface area (Å²) >= 11 is 0. The van der Waals surface area contributed by atoms with Crippen molar-refractivity contribution in [1.82, 2.24) is 0 Å². The van der Waals surface area contributed by atoms with Gasteiger partial charge in [-0.25, -0.2) is 13.2 Å². The van der Waals surface area contributed by atoms with E-state index in [9.17, 15) is 74.6 Å². The minimum atomic E-state index is -8.27. The maximum Gasteiger partial charge on any atom is 0.382 e. The molecule has 0 heterocycles. The molecule has 0 spiro atoms. The fraction of sp³-hybridized carbons (Fsp3) is 1.00. The van der Waals surface area contributed by atoms with Gasteiger partial charge in [0.15, 0.2) is 0 Å². The van der Waals surface area contributed by atoms with Gasteiger partial charge in [0.25, 0.3) is 11.3 Å². The Hall–Kier alpha value is -1.19. The summed E-state index contributed by atoms with van der Waals surface area (Å²) in [6.07, 6.45) is 0. The van der Waals surface area contributed by atoms with E-state index in [4.69, 9.17) is 0 Å². The van der Waals surface area contributed by atoms with Gasteiger partial charge < -0.3 is 0 Å². The van der Waals surface area contributed by atoms with Gasteiger partial charge in [-0.1, -0.05) is 0 Å². The van der Waals surface area contributed by atoms with Gasteiger partial charge in [-0.05, 0) is 6.92 Å². The van der Waals surface area contributed by atoms with Crippen molar-refractivity contribution in [3.05, 3.63) is 0 Å². The summed E-state index contributed by atoms with van der Waals surface area (Å²) in [6.45, 7) is -1.63. The monoisotopic (exact) mass is 458 g/mol. The van der Waals surface area contributed by atoms with Crippen molar-refractivity contribution >= 4 is 0 Å². The lowest BCUT2D eigenvalue weighted by Gasteiger charge is -2.64. The summed E-state index contributed by atoms with van der Waals surface area (Å²) < 4.78 is 231. The molecule has 0 aromatic heterocycles. The van der Waals surface area contributed by atoms with Gasteiger partial charge in [-0.3, -0.25) is 0 Å². The van der Waals surface area contributed by atoms with Crippen LogP contribution in [0.1, 0.15) is 6.92 Å². The lowest BCUT2D eigenvalue weighted by atomic mass is 9.51. The van der Waals surface area contributed by atoms with Gasteiger partial charge in [0.05, 0.1) is 0 Å². The normalized spacial score (nSPS) is 46.5. The maximum absolute atomic E-state index is 14.5. The van der Waals surface area contributed by atoms with E-state index in [1.165, 1.54) is 0 Å². The Morgan fingerprint density at radius 3 is 0.786 bits per heavy atom. The Labute approximate surface area is 141 Å². The van der Waals surface area contributed by atoms with Crippen molar-refractivity contribution in [2.45, 2.75) is 65.4 Å². The predicted octanol–water partition coefficient (Wildman–Crippen LogP) is 5.61. The number of fused-ring (bicyclic) bond motifs is 1. The highest BCUT2D eigenvalue weighted by atomic mass is 19.4. The minimum absolute atomic E-state index is 1.63. The molecule has 0 radical (unpaired) electrons. The van der Waals surface area contributed by atoms with Gasteiger partial charge >= 0.3 is 41.5 Å². The quantitative estimate of drug-likeness (QED) is 0.415. The van der Waals surface area contributed by atoms with E-state index in [1.807, 2.05) is 0 Å². The maximum atomic E-state index is 14.5. The third-order valence-electron chi connectivity index (χ3n) is 4.98. The van der Waals surface area contributed by atoms with E-state index in [1.54, 1.807) is 0 Å². The van der Waals surface area contributed by atoms with Crippen LogP contribution in [0.5, 0.6) is 0 Å². The molecule has 2 rings (SSSR count). The van der Waals surface area contributed by atoms with E-state index in [2.05, 4.69) is 0 Å². The molecule has 0 bridgehead atoms. The molecule has 0 N–H and O–H groups in total. The molecule has 28 heavy (non-hydrogen) atoms. The van der Waals surface area contributed by atoms with E-state index in [0.29, 0.717) is 0 Å². The molecular weight excluding hydrogens is 455 g/mol. The summed E-state index contributed by atoms with van der Waals surface area (Å²) in [4.78, 5) is 0. The number of hydrogen-bond acceptors (Lipinski definition) is 0. The lowest BCUT2D eigenvalue weighted by molar-refractivity contribution is -0.545. The first-order chi connectivity index (χ1) is 11.8. The lowest BCUT2D eigenvalue weighted by Crippen LogP contribution is -2.98. The van der Waals surface area contributed by atoms with Crippen molar-refractivity contribution < 1.29 is 74.6 Å². The Morgan fingerprint density at radius 2 is 0.500 bits per heavy atom. The van der Waals surface area contributed by atoms with Crippen LogP contribution < -0.4 is 0 Å². The number of rotatable bonds is 0. The molecule has 2 aliphatic carbocycles. The van der Waals surface area contributed by atoms with Crippen molar-refractivity contribution in [3.63, 3.8) is 0 Å². The van der Waals surface area contributed by atoms with E-state index < -0.39 is 65.4 Å². The first kappa shape index (κ1) is 23.1. The summed E-state index contributed by atoms with van der Waals surface area (Å²) in [7, 11) is 0. The zero-order valence-electron chi connectivity index (χ0n) is 12.4. The van der Waals surface area contributed by atoms with Crippen molar-refractivity contribution in [2.24, 2.45) is 0 Å².